The number of nitriles is 1. The fourth-order valence-electron chi connectivity index (χ4n) is 1.84. The van der Waals surface area contributed by atoms with Gasteiger partial charge >= 0.3 is 12.2 Å². The Bertz CT molecular complexity index is 607. The SMILES string of the molecule is CC(C)(CCO)CNC(=O)Nc1ccc(C#N)c(C(F)(F)F)c1. The van der Waals surface area contributed by atoms with Crippen LogP contribution in [0.5, 0.6) is 0 Å². The molecule has 0 aliphatic heterocycles. The number of rotatable bonds is 5. The molecule has 23 heavy (non-hydrogen) atoms. The summed E-state index contributed by atoms with van der Waals surface area (Å²) in [5, 5.41) is 22.4. The summed E-state index contributed by atoms with van der Waals surface area (Å²) < 4.78 is 38.5. The van der Waals surface area contributed by atoms with Gasteiger partial charge in [0.1, 0.15) is 0 Å². The quantitative estimate of drug-likeness (QED) is 0.776. The second-order valence-corrected chi connectivity index (χ2v) is 5.82. The Balaban J connectivity index is 2.78. The van der Waals surface area contributed by atoms with E-state index in [1.807, 2.05) is 13.8 Å². The van der Waals surface area contributed by atoms with Crippen LogP contribution in [0.2, 0.25) is 0 Å². The van der Waals surface area contributed by atoms with Crippen molar-refractivity contribution >= 4 is 11.7 Å². The average molecular weight is 329 g/mol. The molecule has 0 spiro atoms. The number of amides is 2. The highest BCUT2D eigenvalue weighted by Gasteiger charge is 2.34. The lowest BCUT2D eigenvalue weighted by atomic mass is 9.90. The third kappa shape index (κ3) is 5.79. The predicted octanol–water partition coefficient (Wildman–Crippen LogP) is 3.11. The van der Waals surface area contributed by atoms with Crippen molar-refractivity contribution in [2.75, 3.05) is 18.5 Å². The molecule has 1 rings (SSSR count). The first-order valence-electron chi connectivity index (χ1n) is 6.86. The molecule has 126 valence electrons. The van der Waals surface area contributed by atoms with E-state index in [0.29, 0.717) is 6.42 Å². The number of benzene rings is 1. The monoisotopic (exact) mass is 329 g/mol. The molecule has 3 N–H and O–H groups in total. The van der Waals surface area contributed by atoms with E-state index < -0.39 is 23.3 Å². The topological polar surface area (TPSA) is 85.2 Å². The average Bonchev–Trinajstić information content (AvgIpc) is 2.44. The Hall–Kier alpha value is -2.27. The van der Waals surface area contributed by atoms with Crippen LogP contribution in [-0.4, -0.2) is 24.3 Å². The number of urea groups is 1. The van der Waals surface area contributed by atoms with E-state index in [0.717, 1.165) is 12.1 Å². The number of alkyl halides is 3. The van der Waals surface area contributed by atoms with Crippen LogP contribution >= 0.6 is 0 Å². The molecule has 5 nitrogen and oxygen atoms in total. The first-order chi connectivity index (χ1) is 10.6. The molecule has 8 heteroatoms. The van der Waals surface area contributed by atoms with Gasteiger partial charge in [-0.1, -0.05) is 13.8 Å². The highest BCUT2D eigenvalue weighted by atomic mass is 19.4. The molecule has 0 unspecified atom stereocenters. The second kappa shape index (κ2) is 7.33. The van der Waals surface area contributed by atoms with Gasteiger partial charge in [-0.05, 0) is 30.0 Å². The Morgan fingerprint density at radius 1 is 1.35 bits per heavy atom. The van der Waals surface area contributed by atoms with E-state index in [4.69, 9.17) is 10.4 Å². The van der Waals surface area contributed by atoms with E-state index in [-0.39, 0.29) is 24.3 Å². The minimum Gasteiger partial charge on any atom is -0.396 e. The maximum Gasteiger partial charge on any atom is 0.417 e. The third-order valence-corrected chi connectivity index (χ3v) is 3.22. The van der Waals surface area contributed by atoms with Gasteiger partial charge in [-0.25, -0.2) is 4.79 Å². The van der Waals surface area contributed by atoms with Crippen molar-refractivity contribution in [1.82, 2.24) is 5.32 Å². The highest BCUT2D eigenvalue weighted by molar-refractivity contribution is 5.89. The van der Waals surface area contributed by atoms with Crippen LogP contribution in [0.25, 0.3) is 0 Å². The summed E-state index contributed by atoms with van der Waals surface area (Å²) in [6.45, 7) is 3.91. The smallest absolute Gasteiger partial charge is 0.396 e. The van der Waals surface area contributed by atoms with Gasteiger partial charge in [0, 0.05) is 18.8 Å². The summed E-state index contributed by atoms with van der Waals surface area (Å²) in [5.41, 5.74) is -2.01. The molecule has 0 heterocycles. The molecule has 0 aliphatic carbocycles. The molecule has 2 amide bonds. The number of hydrogen-bond acceptors (Lipinski definition) is 3. The van der Waals surface area contributed by atoms with Crippen molar-refractivity contribution in [3.63, 3.8) is 0 Å². The van der Waals surface area contributed by atoms with Gasteiger partial charge in [-0.2, -0.15) is 18.4 Å². The zero-order valence-corrected chi connectivity index (χ0v) is 12.8. The van der Waals surface area contributed by atoms with Gasteiger partial charge in [0.05, 0.1) is 17.2 Å². The van der Waals surface area contributed by atoms with Crippen LogP contribution in [0.3, 0.4) is 0 Å². The Morgan fingerprint density at radius 3 is 2.52 bits per heavy atom. The van der Waals surface area contributed by atoms with E-state index in [2.05, 4.69) is 10.6 Å². The van der Waals surface area contributed by atoms with Crippen molar-refractivity contribution in [3.05, 3.63) is 29.3 Å². The Kier molecular flexibility index (Phi) is 5.98. The van der Waals surface area contributed by atoms with Gasteiger partial charge in [-0.3, -0.25) is 0 Å². The number of aliphatic hydroxyl groups excluding tert-OH is 1. The second-order valence-electron chi connectivity index (χ2n) is 5.82. The van der Waals surface area contributed by atoms with Gasteiger partial charge in [0.2, 0.25) is 0 Å². The lowest BCUT2D eigenvalue weighted by molar-refractivity contribution is -0.137. The fourth-order valence-corrected chi connectivity index (χ4v) is 1.84. The summed E-state index contributed by atoms with van der Waals surface area (Å²) in [4.78, 5) is 11.7. The van der Waals surface area contributed by atoms with Crippen LogP contribution in [0.1, 0.15) is 31.4 Å². The number of carbonyl (C=O) groups excluding carboxylic acids is 1. The zero-order valence-electron chi connectivity index (χ0n) is 12.8. The zero-order chi connectivity index (χ0) is 17.7. The van der Waals surface area contributed by atoms with Gasteiger partial charge < -0.3 is 15.7 Å². The molecule has 0 radical (unpaired) electrons. The van der Waals surface area contributed by atoms with Gasteiger partial charge in [-0.15, -0.1) is 0 Å². The van der Waals surface area contributed by atoms with E-state index in [1.165, 1.54) is 12.1 Å². The molecular formula is C15H18F3N3O2. The van der Waals surface area contributed by atoms with E-state index in [1.54, 1.807) is 0 Å². The molecule has 0 fully saturated rings. The van der Waals surface area contributed by atoms with E-state index >= 15 is 0 Å². The van der Waals surface area contributed by atoms with Crippen LogP contribution in [0.15, 0.2) is 18.2 Å². The summed E-state index contributed by atoms with van der Waals surface area (Å²) in [6.07, 6.45) is -4.20. The summed E-state index contributed by atoms with van der Waals surface area (Å²) in [7, 11) is 0. The Labute approximate surface area is 132 Å². The number of nitrogens with one attached hydrogen (secondary N) is 2. The standard InChI is InChI=1S/C15H18F3N3O2/c1-14(2,5-6-22)9-20-13(23)21-11-4-3-10(8-19)12(7-11)15(16,17)18/h3-4,7,22H,5-6,9H2,1-2H3,(H2,20,21,23). The van der Waals surface area contributed by atoms with Crippen molar-refractivity contribution in [1.29, 1.82) is 5.26 Å². The molecule has 1 aromatic rings. The number of nitrogens with zero attached hydrogens (tertiary/aromatic N) is 1. The predicted molar refractivity (Wildman–Crippen MR) is 78.7 cm³/mol. The maximum absolute atomic E-state index is 12.8. The first-order valence-corrected chi connectivity index (χ1v) is 6.86. The largest absolute Gasteiger partial charge is 0.417 e. The van der Waals surface area contributed by atoms with Crippen LogP contribution < -0.4 is 10.6 Å². The third-order valence-electron chi connectivity index (χ3n) is 3.22. The number of aliphatic hydroxyl groups is 1. The van der Waals surface area contributed by atoms with Crippen molar-refractivity contribution < 1.29 is 23.1 Å². The lowest BCUT2D eigenvalue weighted by Gasteiger charge is -2.24. The van der Waals surface area contributed by atoms with Crippen molar-refractivity contribution in [2.24, 2.45) is 5.41 Å². The molecule has 0 atom stereocenters. The van der Waals surface area contributed by atoms with Crippen LogP contribution in [0.4, 0.5) is 23.7 Å². The lowest BCUT2D eigenvalue weighted by Crippen LogP contribution is -2.37. The minimum atomic E-state index is -4.68. The number of hydrogen-bond donors (Lipinski definition) is 3. The molecule has 0 aromatic heterocycles. The van der Waals surface area contributed by atoms with E-state index in [9.17, 15) is 18.0 Å². The van der Waals surface area contributed by atoms with Crippen LogP contribution in [-0.2, 0) is 6.18 Å². The number of carbonyl (C=O) groups is 1. The number of anilines is 1. The van der Waals surface area contributed by atoms with Gasteiger partial charge in [0.15, 0.2) is 0 Å². The summed E-state index contributed by atoms with van der Waals surface area (Å²) in [5.74, 6) is 0. The van der Waals surface area contributed by atoms with Crippen LogP contribution in [0, 0.1) is 16.7 Å². The first kappa shape index (κ1) is 18.8. The highest BCUT2D eigenvalue weighted by Crippen LogP contribution is 2.33. The molecule has 0 saturated heterocycles. The maximum atomic E-state index is 12.8. The summed E-state index contributed by atoms with van der Waals surface area (Å²) in [6, 6.07) is 3.77. The normalized spacial score (nSPS) is 11.7. The van der Waals surface area contributed by atoms with Gasteiger partial charge in [0.25, 0.3) is 0 Å². The molecule has 0 aliphatic rings. The fraction of sp³-hybridized carbons (Fsp3) is 0.467. The molecule has 1 aromatic carbocycles. The molecule has 0 bridgehead atoms. The minimum absolute atomic E-state index is 0.0269. The summed E-state index contributed by atoms with van der Waals surface area (Å²) >= 11 is 0. The molecular weight excluding hydrogens is 311 g/mol. The number of halogens is 3. The Morgan fingerprint density at radius 2 is 2.00 bits per heavy atom. The van der Waals surface area contributed by atoms with Crippen molar-refractivity contribution in [2.45, 2.75) is 26.4 Å². The molecule has 0 saturated carbocycles. The van der Waals surface area contributed by atoms with Crippen molar-refractivity contribution in [3.8, 4) is 6.07 Å².